The Morgan fingerprint density at radius 3 is 2.50 bits per heavy atom. The van der Waals surface area contributed by atoms with Crippen LogP contribution in [0.3, 0.4) is 0 Å². The minimum atomic E-state index is -3.92. The first-order chi connectivity index (χ1) is 16.2. The van der Waals surface area contributed by atoms with Gasteiger partial charge in [-0.2, -0.15) is 0 Å². The van der Waals surface area contributed by atoms with Crippen molar-refractivity contribution in [1.29, 1.82) is 0 Å². The Morgan fingerprint density at radius 1 is 1.09 bits per heavy atom. The van der Waals surface area contributed by atoms with Gasteiger partial charge < -0.3 is 4.74 Å². The first-order valence-electron chi connectivity index (χ1n) is 10.4. The molecule has 4 rings (SSSR count). The Labute approximate surface area is 205 Å². The van der Waals surface area contributed by atoms with Gasteiger partial charge in [0.25, 0.3) is 10.0 Å². The molecule has 0 amide bonds. The second-order valence-electron chi connectivity index (χ2n) is 7.57. The molecule has 10 heteroatoms. The molecular formula is C24H21ClN2O5S2. The van der Waals surface area contributed by atoms with Gasteiger partial charge in [0.2, 0.25) is 0 Å². The van der Waals surface area contributed by atoms with E-state index >= 15 is 0 Å². The van der Waals surface area contributed by atoms with Crippen LogP contribution < -0.4 is 9.60 Å². The maximum atomic E-state index is 13.0. The lowest BCUT2D eigenvalue weighted by Crippen LogP contribution is -2.15. The highest BCUT2D eigenvalue weighted by atomic mass is 35.5. The molecule has 0 fully saturated rings. The molecule has 1 heterocycles. The van der Waals surface area contributed by atoms with Crippen molar-refractivity contribution < 1.29 is 17.9 Å². The summed E-state index contributed by atoms with van der Waals surface area (Å²) in [6.45, 7) is 4.02. The van der Waals surface area contributed by atoms with Gasteiger partial charge in [0, 0.05) is 5.02 Å². The van der Waals surface area contributed by atoms with E-state index in [1.807, 2.05) is 12.1 Å². The Bertz CT molecular complexity index is 1540. The SMILES string of the molecule is CCOC(=O)c1ccc(NS(=O)(=O)c2ccc3c(c2)sc(=O)n3Cc2ccc(Cl)cc2)c(C)c1. The zero-order chi connectivity index (χ0) is 24.5. The number of halogens is 1. The number of benzene rings is 3. The molecule has 7 nitrogen and oxygen atoms in total. The Hall–Kier alpha value is -3.14. The number of rotatable bonds is 7. The average Bonchev–Trinajstić information content (AvgIpc) is 3.11. The van der Waals surface area contributed by atoms with Crippen LogP contribution in [0.2, 0.25) is 5.02 Å². The first-order valence-corrected chi connectivity index (χ1v) is 13.0. The van der Waals surface area contributed by atoms with E-state index in [1.54, 1.807) is 42.7 Å². The molecule has 0 atom stereocenters. The van der Waals surface area contributed by atoms with E-state index in [2.05, 4.69) is 4.72 Å². The van der Waals surface area contributed by atoms with E-state index in [-0.39, 0.29) is 16.4 Å². The summed E-state index contributed by atoms with van der Waals surface area (Å²) in [5.41, 5.74) is 2.83. The number of anilines is 1. The van der Waals surface area contributed by atoms with Gasteiger partial charge in [0.05, 0.1) is 39.5 Å². The predicted molar refractivity (Wildman–Crippen MR) is 135 cm³/mol. The van der Waals surface area contributed by atoms with Crippen molar-refractivity contribution in [2.45, 2.75) is 25.3 Å². The lowest BCUT2D eigenvalue weighted by Gasteiger charge is -2.12. The molecule has 4 aromatic rings. The minimum Gasteiger partial charge on any atom is -0.462 e. The number of aryl methyl sites for hydroxylation is 1. The Balaban J connectivity index is 1.61. The summed E-state index contributed by atoms with van der Waals surface area (Å²) in [7, 11) is -3.92. The van der Waals surface area contributed by atoms with Gasteiger partial charge in [-0.15, -0.1) is 0 Å². The molecule has 0 spiro atoms. The molecule has 0 radical (unpaired) electrons. The van der Waals surface area contributed by atoms with Crippen LogP contribution in [0.1, 0.15) is 28.4 Å². The molecule has 1 N–H and O–H groups in total. The molecule has 0 saturated carbocycles. The number of esters is 1. The Morgan fingerprint density at radius 2 is 1.82 bits per heavy atom. The fourth-order valence-electron chi connectivity index (χ4n) is 3.46. The number of sulfonamides is 1. The van der Waals surface area contributed by atoms with Gasteiger partial charge in [-0.25, -0.2) is 13.2 Å². The third-order valence-electron chi connectivity index (χ3n) is 5.19. The molecule has 176 valence electrons. The number of hydrogen-bond donors (Lipinski definition) is 1. The summed E-state index contributed by atoms with van der Waals surface area (Å²) in [5, 5.41) is 0.611. The number of fused-ring (bicyclic) bond motifs is 1. The average molecular weight is 517 g/mol. The van der Waals surface area contributed by atoms with Crippen molar-refractivity contribution in [1.82, 2.24) is 4.57 Å². The third-order valence-corrected chi connectivity index (χ3v) is 7.74. The molecule has 0 aliphatic rings. The van der Waals surface area contributed by atoms with Gasteiger partial charge in [-0.05, 0) is 73.5 Å². The molecule has 0 unspecified atom stereocenters. The molecule has 3 aromatic carbocycles. The number of hydrogen-bond acceptors (Lipinski definition) is 6. The lowest BCUT2D eigenvalue weighted by molar-refractivity contribution is 0.0526. The van der Waals surface area contributed by atoms with Crippen molar-refractivity contribution in [3.8, 4) is 0 Å². The number of carbonyl (C=O) groups excluding carboxylic acids is 1. The number of nitrogens with one attached hydrogen (secondary N) is 1. The lowest BCUT2D eigenvalue weighted by atomic mass is 10.1. The molecular weight excluding hydrogens is 496 g/mol. The van der Waals surface area contributed by atoms with Crippen LogP contribution in [0.4, 0.5) is 5.69 Å². The maximum absolute atomic E-state index is 13.0. The molecule has 0 aliphatic carbocycles. The van der Waals surface area contributed by atoms with Crippen molar-refractivity contribution in [3.63, 3.8) is 0 Å². The summed E-state index contributed by atoms with van der Waals surface area (Å²) in [5.74, 6) is -0.469. The highest BCUT2D eigenvalue weighted by Crippen LogP contribution is 2.26. The molecule has 0 aliphatic heterocycles. The summed E-state index contributed by atoms with van der Waals surface area (Å²) < 4.78 is 35.8. The summed E-state index contributed by atoms with van der Waals surface area (Å²) >= 11 is 6.92. The predicted octanol–water partition coefficient (Wildman–Crippen LogP) is 5.05. The van der Waals surface area contributed by atoms with E-state index < -0.39 is 16.0 Å². The van der Waals surface area contributed by atoms with Gasteiger partial charge in [-0.3, -0.25) is 14.1 Å². The molecule has 1 aromatic heterocycles. The minimum absolute atomic E-state index is 0.0359. The molecule has 0 saturated heterocycles. The van der Waals surface area contributed by atoms with Crippen LogP contribution in [0.5, 0.6) is 0 Å². The number of carbonyl (C=O) groups is 1. The van der Waals surface area contributed by atoms with Crippen molar-refractivity contribution in [2.24, 2.45) is 0 Å². The number of nitrogens with zero attached hydrogens (tertiary/aromatic N) is 1. The highest BCUT2D eigenvalue weighted by molar-refractivity contribution is 7.92. The van der Waals surface area contributed by atoms with Crippen LogP contribution in [0.25, 0.3) is 10.2 Å². The number of ether oxygens (including phenoxy) is 1. The highest BCUT2D eigenvalue weighted by Gasteiger charge is 2.19. The fraction of sp³-hybridized carbons (Fsp3) is 0.167. The maximum Gasteiger partial charge on any atom is 0.338 e. The second kappa shape index (κ2) is 9.61. The standard InChI is InChI=1S/C24H21ClN2O5S2/c1-3-32-23(28)17-6-10-20(15(2)12-17)26-34(30,31)19-9-11-21-22(13-19)33-24(29)27(21)14-16-4-7-18(25)8-5-16/h4-13,26H,3,14H2,1-2H3. The zero-order valence-electron chi connectivity index (χ0n) is 18.4. The van der Waals surface area contributed by atoms with Gasteiger partial charge in [-0.1, -0.05) is 35.1 Å². The smallest absolute Gasteiger partial charge is 0.338 e. The van der Waals surface area contributed by atoms with Crippen molar-refractivity contribution in [3.05, 3.63) is 92.0 Å². The largest absolute Gasteiger partial charge is 0.462 e. The van der Waals surface area contributed by atoms with E-state index in [4.69, 9.17) is 16.3 Å². The quantitative estimate of drug-likeness (QED) is 0.347. The normalized spacial score (nSPS) is 11.5. The van der Waals surface area contributed by atoms with Gasteiger partial charge >= 0.3 is 10.8 Å². The van der Waals surface area contributed by atoms with Crippen LogP contribution in [0.15, 0.2) is 70.4 Å². The van der Waals surface area contributed by atoms with Crippen LogP contribution in [-0.2, 0) is 21.3 Å². The van der Waals surface area contributed by atoms with E-state index in [9.17, 15) is 18.0 Å². The van der Waals surface area contributed by atoms with Crippen LogP contribution >= 0.6 is 22.9 Å². The molecule has 34 heavy (non-hydrogen) atoms. The van der Waals surface area contributed by atoms with Crippen LogP contribution in [0, 0.1) is 6.92 Å². The number of thiazole rings is 1. The van der Waals surface area contributed by atoms with Gasteiger partial charge in [0.1, 0.15) is 0 Å². The van der Waals surface area contributed by atoms with Gasteiger partial charge in [0.15, 0.2) is 0 Å². The van der Waals surface area contributed by atoms with E-state index in [0.29, 0.717) is 38.6 Å². The third kappa shape index (κ3) is 5.01. The van der Waals surface area contributed by atoms with Crippen LogP contribution in [-0.4, -0.2) is 25.6 Å². The second-order valence-corrected chi connectivity index (χ2v) is 10.7. The topological polar surface area (TPSA) is 94.5 Å². The number of aromatic nitrogens is 1. The first kappa shape index (κ1) is 24.0. The van der Waals surface area contributed by atoms with E-state index in [1.165, 1.54) is 24.3 Å². The summed E-state index contributed by atoms with van der Waals surface area (Å²) in [6, 6.07) is 16.4. The zero-order valence-corrected chi connectivity index (χ0v) is 20.8. The molecule has 0 bridgehead atoms. The summed E-state index contributed by atoms with van der Waals surface area (Å²) in [4.78, 5) is 24.4. The Kier molecular flexibility index (Phi) is 6.79. The summed E-state index contributed by atoms with van der Waals surface area (Å²) in [6.07, 6.45) is 0. The fourth-order valence-corrected chi connectivity index (χ4v) is 5.75. The van der Waals surface area contributed by atoms with E-state index in [0.717, 1.165) is 16.9 Å². The monoisotopic (exact) mass is 516 g/mol. The van der Waals surface area contributed by atoms with Crippen molar-refractivity contribution in [2.75, 3.05) is 11.3 Å². The van der Waals surface area contributed by atoms with Crippen molar-refractivity contribution >= 4 is 54.8 Å².